The third-order valence-electron chi connectivity index (χ3n) is 7.52. The Morgan fingerprint density at radius 1 is 0.538 bits per heavy atom. The number of rotatable bonds is 10. The Balaban J connectivity index is 1.76. The summed E-state index contributed by atoms with van der Waals surface area (Å²) >= 11 is 0. The van der Waals surface area contributed by atoms with E-state index in [1.54, 1.807) is 0 Å². The topological polar surface area (TPSA) is 21.7 Å². The van der Waals surface area contributed by atoms with Crippen molar-refractivity contribution in [2.45, 2.75) is 53.8 Å². The highest BCUT2D eigenvalue weighted by atomic mass is 16.5. The van der Waals surface area contributed by atoms with Gasteiger partial charge in [0.1, 0.15) is 12.2 Å². The van der Waals surface area contributed by atoms with Gasteiger partial charge in [-0.2, -0.15) is 0 Å². The molecule has 0 fully saturated rings. The Labute approximate surface area is 234 Å². The van der Waals surface area contributed by atoms with Gasteiger partial charge in [-0.3, -0.25) is 0 Å². The maximum atomic E-state index is 5.75. The molecule has 0 amide bonds. The summed E-state index contributed by atoms with van der Waals surface area (Å²) in [6.07, 6.45) is 2.69. The number of hydrogen-bond acceptors (Lipinski definition) is 3. The third-order valence-corrected chi connectivity index (χ3v) is 7.52. The lowest BCUT2D eigenvalue weighted by Crippen LogP contribution is -2.10. The summed E-state index contributed by atoms with van der Waals surface area (Å²) < 4.78 is 11.4. The van der Waals surface area contributed by atoms with Crippen molar-refractivity contribution in [3.8, 4) is 11.1 Å². The van der Waals surface area contributed by atoms with Gasteiger partial charge in [0.05, 0.1) is 12.5 Å². The minimum atomic E-state index is -0.155. The Hall–Kier alpha value is -4.24. The van der Waals surface area contributed by atoms with Crippen LogP contribution < -0.4 is 4.90 Å². The Kier molecular flexibility index (Phi) is 8.61. The number of hydrogen-bond donors (Lipinski definition) is 0. The van der Waals surface area contributed by atoms with Crippen molar-refractivity contribution in [3.63, 3.8) is 0 Å². The maximum Gasteiger partial charge on any atom is 0.120 e. The Morgan fingerprint density at radius 3 is 1.49 bits per heavy atom. The SMILES string of the molecule is C=COC(C)c1ccc(-c2ccc(N(c3ccc(C)c(C)c3)c3ccc(C)c(C)c3)cc2)cc1C(C)OC=C. The van der Waals surface area contributed by atoms with E-state index in [1.165, 1.54) is 34.8 Å². The highest BCUT2D eigenvalue weighted by molar-refractivity contribution is 5.79. The molecule has 39 heavy (non-hydrogen) atoms. The molecule has 0 aliphatic carbocycles. The van der Waals surface area contributed by atoms with Gasteiger partial charge in [-0.25, -0.2) is 0 Å². The molecule has 0 saturated carbocycles. The molecule has 0 N–H and O–H groups in total. The number of ether oxygens (including phenoxy) is 2. The highest BCUT2D eigenvalue weighted by Gasteiger charge is 2.18. The number of benzene rings is 4. The van der Waals surface area contributed by atoms with Crippen LogP contribution in [0.4, 0.5) is 17.1 Å². The summed E-state index contributed by atoms with van der Waals surface area (Å²) in [5.74, 6) is 0. The van der Waals surface area contributed by atoms with E-state index in [4.69, 9.17) is 9.47 Å². The first-order chi connectivity index (χ1) is 18.7. The lowest BCUT2D eigenvalue weighted by molar-refractivity contribution is 0.144. The molecule has 2 unspecified atom stereocenters. The molecule has 0 heterocycles. The molecule has 4 rings (SSSR count). The second-order valence-corrected chi connectivity index (χ2v) is 10.2. The van der Waals surface area contributed by atoms with Crippen LogP contribution in [0.3, 0.4) is 0 Å². The van der Waals surface area contributed by atoms with Crippen LogP contribution in [0.1, 0.15) is 59.4 Å². The molecule has 0 saturated heterocycles. The first-order valence-corrected chi connectivity index (χ1v) is 13.4. The van der Waals surface area contributed by atoms with Crippen LogP contribution in [-0.4, -0.2) is 0 Å². The van der Waals surface area contributed by atoms with E-state index in [1.807, 2.05) is 13.8 Å². The molecular weight excluding hydrogens is 478 g/mol. The molecule has 200 valence electrons. The molecular formula is C36H39NO2. The third kappa shape index (κ3) is 6.09. The molecule has 0 bridgehead atoms. The second kappa shape index (κ2) is 12.1. The van der Waals surface area contributed by atoms with Crippen molar-refractivity contribution in [3.05, 3.63) is 138 Å². The van der Waals surface area contributed by atoms with E-state index in [-0.39, 0.29) is 12.2 Å². The van der Waals surface area contributed by atoms with Crippen LogP contribution in [-0.2, 0) is 9.47 Å². The van der Waals surface area contributed by atoms with Gasteiger partial charge in [-0.1, -0.05) is 49.6 Å². The normalized spacial score (nSPS) is 12.4. The lowest BCUT2D eigenvalue weighted by atomic mass is 9.94. The second-order valence-electron chi connectivity index (χ2n) is 10.2. The van der Waals surface area contributed by atoms with Gasteiger partial charge in [-0.15, -0.1) is 0 Å². The van der Waals surface area contributed by atoms with Gasteiger partial charge in [0.25, 0.3) is 0 Å². The summed E-state index contributed by atoms with van der Waals surface area (Å²) in [4.78, 5) is 2.32. The fourth-order valence-corrected chi connectivity index (χ4v) is 4.89. The average Bonchev–Trinajstić information content (AvgIpc) is 2.93. The van der Waals surface area contributed by atoms with Crippen LogP contribution in [0.5, 0.6) is 0 Å². The smallest absolute Gasteiger partial charge is 0.120 e. The summed E-state index contributed by atoms with van der Waals surface area (Å²) in [6, 6.07) is 28.5. The zero-order chi connectivity index (χ0) is 28.1. The molecule has 0 aliphatic rings. The van der Waals surface area contributed by atoms with Crippen LogP contribution in [0.2, 0.25) is 0 Å². The first-order valence-electron chi connectivity index (χ1n) is 13.4. The molecule has 2 atom stereocenters. The van der Waals surface area contributed by atoms with Crippen LogP contribution in [0.25, 0.3) is 11.1 Å². The van der Waals surface area contributed by atoms with E-state index in [9.17, 15) is 0 Å². The highest BCUT2D eigenvalue weighted by Crippen LogP contribution is 2.38. The molecule has 0 radical (unpaired) electrons. The first kappa shape index (κ1) is 27.8. The van der Waals surface area contributed by atoms with Gasteiger partial charge in [0, 0.05) is 17.1 Å². The summed E-state index contributed by atoms with van der Waals surface area (Å²) in [5, 5.41) is 0. The minimum Gasteiger partial charge on any atom is -0.494 e. The molecule has 0 aromatic heterocycles. The molecule has 4 aromatic rings. The predicted octanol–water partition coefficient (Wildman–Crippen LogP) is 10.5. The fraction of sp³-hybridized carbons (Fsp3) is 0.222. The number of aryl methyl sites for hydroxylation is 4. The molecule has 0 aliphatic heterocycles. The van der Waals surface area contributed by atoms with Crippen molar-refractivity contribution in [2.75, 3.05) is 4.90 Å². The zero-order valence-electron chi connectivity index (χ0n) is 24.0. The monoisotopic (exact) mass is 517 g/mol. The number of nitrogens with zero attached hydrogens (tertiary/aromatic N) is 1. The molecule has 0 spiro atoms. The van der Waals surface area contributed by atoms with Gasteiger partial charge >= 0.3 is 0 Å². The Morgan fingerprint density at radius 2 is 1.00 bits per heavy atom. The van der Waals surface area contributed by atoms with Gasteiger partial charge in [0.15, 0.2) is 0 Å². The van der Waals surface area contributed by atoms with Crippen molar-refractivity contribution >= 4 is 17.1 Å². The average molecular weight is 518 g/mol. The maximum absolute atomic E-state index is 5.75. The largest absolute Gasteiger partial charge is 0.494 e. The van der Waals surface area contributed by atoms with E-state index < -0.39 is 0 Å². The van der Waals surface area contributed by atoms with Crippen molar-refractivity contribution in [1.29, 1.82) is 0 Å². The van der Waals surface area contributed by atoms with E-state index in [0.29, 0.717) is 0 Å². The summed E-state index contributed by atoms with van der Waals surface area (Å²) in [7, 11) is 0. The van der Waals surface area contributed by atoms with E-state index in [0.717, 1.165) is 39.3 Å². The minimum absolute atomic E-state index is 0.130. The van der Waals surface area contributed by atoms with Crippen molar-refractivity contribution in [1.82, 2.24) is 0 Å². The molecule has 3 heteroatoms. The van der Waals surface area contributed by atoms with Gasteiger partial charge < -0.3 is 14.4 Å². The summed E-state index contributed by atoms with van der Waals surface area (Å²) in [6.45, 7) is 20.1. The van der Waals surface area contributed by atoms with Crippen LogP contribution >= 0.6 is 0 Å². The van der Waals surface area contributed by atoms with E-state index >= 15 is 0 Å². The molecule has 4 aromatic carbocycles. The van der Waals surface area contributed by atoms with Gasteiger partial charge in [-0.05, 0) is 129 Å². The van der Waals surface area contributed by atoms with Crippen LogP contribution in [0.15, 0.2) is 105 Å². The predicted molar refractivity (Wildman–Crippen MR) is 165 cm³/mol. The Bertz CT molecular complexity index is 1420. The lowest BCUT2D eigenvalue weighted by Gasteiger charge is -2.27. The zero-order valence-corrected chi connectivity index (χ0v) is 24.0. The molecule has 3 nitrogen and oxygen atoms in total. The van der Waals surface area contributed by atoms with Crippen molar-refractivity contribution < 1.29 is 9.47 Å². The number of anilines is 3. The van der Waals surface area contributed by atoms with E-state index in [2.05, 4.69) is 125 Å². The van der Waals surface area contributed by atoms with Crippen LogP contribution in [0, 0.1) is 27.7 Å². The van der Waals surface area contributed by atoms with Crippen molar-refractivity contribution in [2.24, 2.45) is 0 Å². The quantitative estimate of drug-likeness (QED) is 0.195. The standard InChI is InChI=1S/C36H39NO2/c1-9-38-28(7)35-20-15-31(23-36(35)29(8)39-10-2)30-13-18-32(19-14-30)37(33-16-11-24(3)26(5)21-33)34-17-12-25(4)27(6)22-34/h9-23,28-29H,1-2H2,3-8H3. The van der Waals surface area contributed by atoms with Gasteiger partial charge in [0.2, 0.25) is 0 Å². The summed E-state index contributed by atoms with van der Waals surface area (Å²) in [5.41, 5.74) is 12.9. The fourth-order valence-electron chi connectivity index (χ4n) is 4.89.